The fourth-order valence-corrected chi connectivity index (χ4v) is 3.62. The third-order valence-electron chi connectivity index (χ3n) is 5.64. The van der Waals surface area contributed by atoms with Crippen LogP contribution in [0.2, 0.25) is 5.02 Å². The van der Waals surface area contributed by atoms with E-state index in [1.165, 1.54) is 22.4 Å². The maximum atomic E-state index is 10.4. The number of alkyl halides is 3. The average molecular weight is 744 g/mol. The van der Waals surface area contributed by atoms with Gasteiger partial charge in [0.05, 0.1) is 26.4 Å². The Balaban J connectivity index is 0. The van der Waals surface area contributed by atoms with E-state index >= 15 is 0 Å². The van der Waals surface area contributed by atoms with Crippen LogP contribution in [0.4, 0.5) is 18.9 Å². The van der Waals surface area contributed by atoms with E-state index in [0.29, 0.717) is 0 Å². The molecule has 2 heterocycles. The first kappa shape index (κ1) is 44.8. The number of nitrogens with one attached hydrogen (secondary N) is 1. The van der Waals surface area contributed by atoms with Crippen LogP contribution in [0.3, 0.4) is 0 Å². The van der Waals surface area contributed by atoms with E-state index in [-0.39, 0.29) is 34.1 Å². The maximum absolute atomic E-state index is 10.4. The molecule has 0 radical (unpaired) electrons. The number of aryl methyl sites for hydroxylation is 2. The number of hydrogen-bond acceptors (Lipinski definition) is 6. The molecule has 2 aliphatic rings. The van der Waals surface area contributed by atoms with Crippen molar-refractivity contribution >= 4 is 23.6 Å². The van der Waals surface area contributed by atoms with Crippen molar-refractivity contribution in [3.05, 3.63) is 108 Å². The molecule has 0 bridgehead atoms. The Labute approximate surface area is 286 Å². The average Bonchev–Trinajstić information content (AvgIpc) is 3.01. The summed E-state index contributed by atoms with van der Waals surface area (Å²) in [6.45, 7) is 12.7. The number of hydrogen-bond donors (Lipinski definition) is 1. The zero-order valence-corrected chi connectivity index (χ0v) is 29.0. The van der Waals surface area contributed by atoms with Crippen molar-refractivity contribution in [2.24, 2.45) is 0 Å². The third kappa shape index (κ3) is 25.6. The molecule has 5 rings (SSSR count). The quantitative estimate of drug-likeness (QED) is 0.237. The van der Waals surface area contributed by atoms with Gasteiger partial charge in [0.25, 0.3) is 6.18 Å². The fraction of sp³-hybridized carbons (Fsp3) is 0.412. The fourth-order valence-electron chi connectivity index (χ4n) is 3.50. The SMILES string of the molecule is C1COCCN1.CN(C)Cc1[c-]cccc1.Cc1ccc(Cl)cc1.Cc1ccc(N2CCOCC2)cc1.O=[C-]C(F)(F)F.[CH3-].[Pd]. The first-order chi connectivity index (χ1) is 20.5. The summed E-state index contributed by atoms with van der Waals surface area (Å²) in [5.41, 5.74) is 5.12. The molecule has 0 aliphatic carbocycles. The number of anilines is 1. The van der Waals surface area contributed by atoms with Crippen LogP contribution in [-0.4, -0.2) is 84.1 Å². The molecule has 2 fully saturated rings. The molecule has 0 amide bonds. The molecular formula is C34H46ClF3N3O3Pd-3. The van der Waals surface area contributed by atoms with Gasteiger partial charge in [-0.15, -0.1) is 5.56 Å². The Morgan fingerprint density at radius 1 is 0.889 bits per heavy atom. The predicted octanol–water partition coefficient (Wildman–Crippen LogP) is 6.74. The molecule has 0 aromatic heterocycles. The molecule has 2 saturated heterocycles. The molecule has 0 saturated carbocycles. The van der Waals surface area contributed by atoms with Crippen molar-refractivity contribution in [1.29, 1.82) is 0 Å². The normalized spacial score (nSPS) is 13.7. The van der Waals surface area contributed by atoms with E-state index in [9.17, 15) is 13.2 Å². The van der Waals surface area contributed by atoms with Crippen molar-refractivity contribution < 1.29 is 47.9 Å². The minimum absolute atomic E-state index is 0. The van der Waals surface area contributed by atoms with Gasteiger partial charge in [0, 0.05) is 63.9 Å². The first-order valence-corrected chi connectivity index (χ1v) is 14.3. The molecule has 0 unspecified atom stereocenters. The van der Waals surface area contributed by atoms with Gasteiger partial charge >= 0.3 is 0 Å². The number of ether oxygens (including phenoxy) is 2. The van der Waals surface area contributed by atoms with E-state index < -0.39 is 6.18 Å². The molecule has 1 N–H and O–H groups in total. The topological polar surface area (TPSA) is 54.0 Å². The summed E-state index contributed by atoms with van der Waals surface area (Å²) in [6, 6.07) is 27.6. The van der Waals surface area contributed by atoms with Crippen LogP contribution in [0, 0.1) is 27.3 Å². The van der Waals surface area contributed by atoms with Gasteiger partial charge in [0.15, 0.2) is 0 Å². The van der Waals surface area contributed by atoms with Crippen molar-refractivity contribution in [3.63, 3.8) is 0 Å². The Morgan fingerprint density at radius 2 is 1.38 bits per heavy atom. The van der Waals surface area contributed by atoms with Crippen molar-refractivity contribution in [2.45, 2.75) is 26.6 Å². The van der Waals surface area contributed by atoms with Crippen molar-refractivity contribution in [2.75, 3.05) is 71.6 Å². The van der Waals surface area contributed by atoms with Crippen LogP contribution in [0.1, 0.15) is 16.7 Å². The molecule has 2 aliphatic heterocycles. The van der Waals surface area contributed by atoms with Gasteiger partial charge in [-0.25, -0.2) is 13.2 Å². The molecule has 256 valence electrons. The number of morpholine rings is 2. The van der Waals surface area contributed by atoms with Crippen LogP contribution >= 0.6 is 11.6 Å². The van der Waals surface area contributed by atoms with E-state index in [1.807, 2.05) is 49.4 Å². The van der Waals surface area contributed by atoms with E-state index in [2.05, 4.69) is 72.5 Å². The number of rotatable bonds is 3. The van der Waals surface area contributed by atoms with Gasteiger partial charge in [-0.05, 0) is 52.2 Å². The third-order valence-corrected chi connectivity index (χ3v) is 5.90. The maximum Gasteiger partial charge on any atom is 0.298 e. The van der Waals surface area contributed by atoms with Gasteiger partial charge in [-0.1, -0.05) is 47.0 Å². The largest absolute Gasteiger partial charge is 0.533 e. The molecule has 3 aromatic rings. The van der Waals surface area contributed by atoms with Gasteiger partial charge in [0.1, 0.15) is 0 Å². The summed E-state index contributed by atoms with van der Waals surface area (Å²) in [5, 5.41) is 3.96. The van der Waals surface area contributed by atoms with E-state index in [4.69, 9.17) is 25.9 Å². The smallest absolute Gasteiger partial charge is 0.298 e. The Hall–Kier alpha value is -2.29. The van der Waals surface area contributed by atoms with Crippen LogP contribution in [0.15, 0.2) is 72.8 Å². The summed E-state index contributed by atoms with van der Waals surface area (Å²) in [4.78, 5) is 13.1. The van der Waals surface area contributed by atoms with Crippen LogP contribution in [0.5, 0.6) is 0 Å². The second kappa shape index (κ2) is 26.9. The Morgan fingerprint density at radius 3 is 1.73 bits per heavy atom. The van der Waals surface area contributed by atoms with Gasteiger partial charge in [-0.3, -0.25) is 0 Å². The van der Waals surface area contributed by atoms with Gasteiger partial charge in [-0.2, -0.15) is 36.6 Å². The molecular weight excluding hydrogens is 697 g/mol. The zero-order chi connectivity index (χ0) is 31.9. The van der Waals surface area contributed by atoms with Crippen molar-refractivity contribution in [1.82, 2.24) is 10.2 Å². The minimum atomic E-state index is -4.76. The van der Waals surface area contributed by atoms with E-state index in [0.717, 1.165) is 64.2 Å². The van der Waals surface area contributed by atoms with Crippen LogP contribution in [0.25, 0.3) is 0 Å². The molecule has 11 heteroatoms. The van der Waals surface area contributed by atoms with Crippen LogP contribution < -0.4 is 10.2 Å². The molecule has 0 atom stereocenters. The minimum Gasteiger partial charge on any atom is -0.533 e. The summed E-state index contributed by atoms with van der Waals surface area (Å²) < 4.78 is 41.4. The summed E-state index contributed by atoms with van der Waals surface area (Å²) in [5.74, 6) is 0. The summed E-state index contributed by atoms with van der Waals surface area (Å²) in [6.07, 6.45) is -4.91. The van der Waals surface area contributed by atoms with Gasteiger partial charge < -0.3 is 36.8 Å². The zero-order valence-electron chi connectivity index (χ0n) is 26.7. The number of halogens is 4. The number of nitrogens with zero attached hydrogens (tertiary/aromatic N) is 2. The van der Waals surface area contributed by atoms with Gasteiger partial charge in [0.2, 0.25) is 0 Å². The standard InChI is InChI=1S/C11H15NO.C9H12N.C7H7Cl.C4H9NO.C2F3O.CH3.Pd/c1-10-2-4-11(5-3-10)12-6-8-13-9-7-12;1-10(2)8-9-6-4-3-5-7-9;1-6-2-4-7(8)5-3-6;1-3-6-4-2-5-1;3-2(4,5)1-6;;/h2-5H,6-9H2,1H3;3-6H,8H2,1-2H3;2-5H,1H3;5H,1-4H2;;1H3;/q;-1;;;2*-1;. The number of carbonyl (C=O) groups excluding carboxylic acids is 1. The molecule has 45 heavy (non-hydrogen) atoms. The molecule has 0 spiro atoms. The van der Waals surface area contributed by atoms with Crippen LogP contribution in [-0.2, 0) is 41.2 Å². The predicted molar refractivity (Wildman–Crippen MR) is 175 cm³/mol. The summed E-state index contributed by atoms with van der Waals surface area (Å²) in [7, 11) is 4.11. The van der Waals surface area contributed by atoms with E-state index in [1.54, 1.807) is 0 Å². The Bertz CT molecular complexity index is 1070. The summed E-state index contributed by atoms with van der Waals surface area (Å²) >= 11 is 5.61. The molecule has 6 nitrogen and oxygen atoms in total. The number of benzene rings is 3. The second-order valence-corrected chi connectivity index (χ2v) is 10.3. The first-order valence-electron chi connectivity index (χ1n) is 14.0. The van der Waals surface area contributed by atoms with Crippen molar-refractivity contribution in [3.8, 4) is 0 Å². The second-order valence-electron chi connectivity index (χ2n) is 9.82. The molecule has 3 aromatic carbocycles. The monoisotopic (exact) mass is 742 g/mol. The Kier molecular flexibility index (Phi) is 26.8.